The van der Waals surface area contributed by atoms with Crippen molar-refractivity contribution in [3.63, 3.8) is 0 Å². The van der Waals surface area contributed by atoms with Gasteiger partial charge in [0, 0.05) is 5.69 Å². The molecule has 15 heavy (non-hydrogen) atoms. The van der Waals surface area contributed by atoms with Crippen LogP contribution >= 0.6 is 0 Å². The fourth-order valence-electron chi connectivity index (χ4n) is 1.17. The molecule has 0 aliphatic carbocycles. The quantitative estimate of drug-likeness (QED) is 0.711. The van der Waals surface area contributed by atoms with Gasteiger partial charge >= 0.3 is 5.97 Å². The van der Waals surface area contributed by atoms with Crippen molar-refractivity contribution in [3.8, 4) is 0 Å². The third-order valence-corrected chi connectivity index (χ3v) is 2.29. The van der Waals surface area contributed by atoms with Gasteiger partial charge in [0.1, 0.15) is 6.33 Å². The Morgan fingerprint density at radius 1 is 1.47 bits per heavy atom. The van der Waals surface area contributed by atoms with E-state index in [4.69, 9.17) is 4.74 Å². The third-order valence-electron chi connectivity index (χ3n) is 2.29. The Morgan fingerprint density at radius 3 is 2.80 bits per heavy atom. The van der Waals surface area contributed by atoms with E-state index < -0.39 is 0 Å². The van der Waals surface area contributed by atoms with Crippen LogP contribution in [0, 0.1) is 0 Å². The van der Waals surface area contributed by atoms with E-state index >= 15 is 0 Å². The van der Waals surface area contributed by atoms with Gasteiger partial charge in [-0.05, 0) is 25.3 Å². The minimum Gasteiger partial charge on any atom is -0.461 e. The summed E-state index contributed by atoms with van der Waals surface area (Å²) in [5.74, 6) is -0.0503. The fourth-order valence-corrected chi connectivity index (χ4v) is 1.17. The Hall–Kier alpha value is -1.45. The monoisotopic (exact) mass is 208 g/mol. The van der Waals surface area contributed by atoms with Crippen LogP contribution in [-0.4, -0.2) is 22.5 Å². The smallest absolute Gasteiger partial charge is 0.357 e. The number of ether oxygens (including phenoxy) is 1. The lowest BCUT2D eigenvalue weighted by atomic mass is 10.0. The van der Waals surface area contributed by atoms with E-state index in [1.807, 2.05) is 0 Å². The van der Waals surface area contributed by atoms with Crippen molar-refractivity contribution in [3.05, 3.63) is 23.8 Å². The number of carbonyl (C=O) groups is 1. The van der Waals surface area contributed by atoms with Crippen LogP contribution in [0.5, 0.6) is 0 Å². The Kier molecular flexibility index (Phi) is 4.21. The molecule has 1 rings (SSSR count). The van der Waals surface area contributed by atoms with Gasteiger partial charge in [-0.1, -0.05) is 13.8 Å². The van der Waals surface area contributed by atoms with E-state index in [1.165, 1.54) is 6.33 Å². The summed E-state index contributed by atoms with van der Waals surface area (Å²) in [7, 11) is 0. The number of hydrogen-bond donors (Lipinski definition) is 0. The van der Waals surface area contributed by atoms with Gasteiger partial charge in [0.05, 0.1) is 6.61 Å². The highest BCUT2D eigenvalue weighted by molar-refractivity contribution is 5.87. The highest BCUT2D eigenvalue weighted by Gasteiger charge is 2.11. The predicted octanol–water partition coefficient (Wildman–Crippen LogP) is 2.17. The zero-order chi connectivity index (χ0) is 11.3. The van der Waals surface area contributed by atoms with Gasteiger partial charge in [0.25, 0.3) is 0 Å². The maximum atomic E-state index is 11.4. The summed E-state index contributed by atoms with van der Waals surface area (Å²) in [5, 5.41) is 0. The normalized spacial score (nSPS) is 12.2. The Bertz CT molecular complexity index is 339. The first-order chi connectivity index (χ1) is 7.19. The van der Waals surface area contributed by atoms with Crippen molar-refractivity contribution >= 4 is 5.97 Å². The molecule has 1 aromatic heterocycles. The molecule has 0 radical (unpaired) electrons. The van der Waals surface area contributed by atoms with E-state index in [0.717, 1.165) is 12.1 Å². The van der Waals surface area contributed by atoms with Crippen molar-refractivity contribution in [1.82, 2.24) is 9.97 Å². The van der Waals surface area contributed by atoms with Crippen molar-refractivity contribution < 1.29 is 9.53 Å². The highest BCUT2D eigenvalue weighted by atomic mass is 16.5. The van der Waals surface area contributed by atoms with E-state index in [9.17, 15) is 4.79 Å². The summed E-state index contributed by atoms with van der Waals surface area (Å²) in [6.45, 7) is 6.28. The Balaban J connectivity index is 2.87. The Morgan fingerprint density at radius 2 is 2.20 bits per heavy atom. The molecule has 1 heterocycles. The largest absolute Gasteiger partial charge is 0.461 e. The van der Waals surface area contributed by atoms with Crippen LogP contribution in [0.2, 0.25) is 0 Å². The zero-order valence-corrected chi connectivity index (χ0v) is 9.36. The van der Waals surface area contributed by atoms with Crippen molar-refractivity contribution in [2.45, 2.75) is 33.1 Å². The first-order valence-corrected chi connectivity index (χ1v) is 5.18. The number of esters is 1. The summed E-state index contributed by atoms with van der Waals surface area (Å²) in [6.07, 6.45) is 2.40. The lowest BCUT2D eigenvalue weighted by molar-refractivity contribution is 0.0519. The molecule has 1 aromatic rings. The van der Waals surface area contributed by atoms with Crippen LogP contribution in [0.1, 0.15) is 49.3 Å². The lowest BCUT2D eigenvalue weighted by Crippen LogP contribution is -2.09. The molecular weight excluding hydrogens is 192 g/mol. The van der Waals surface area contributed by atoms with Gasteiger partial charge in [-0.25, -0.2) is 14.8 Å². The summed E-state index contributed by atoms with van der Waals surface area (Å²) in [6, 6.07) is 1.70. The molecule has 0 N–H and O–H groups in total. The number of carbonyl (C=O) groups excluding carboxylic acids is 1. The van der Waals surface area contributed by atoms with E-state index in [-0.39, 0.29) is 5.97 Å². The standard InChI is InChI=1S/C11H16N2O2/c1-4-8(3)9-6-10(13-7-12-9)11(14)15-5-2/h6-8H,4-5H2,1-3H3. The minimum atomic E-state index is -0.385. The molecule has 0 fully saturated rings. The molecule has 4 heteroatoms. The molecule has 0 aromatic carbocycles. The second kappa shape index (κ2) is 5.44. The van der Waals surface area contributed by atoms with Gasteiger partial charge in [0.15, 0.2) is 5.69 Å². The lowest BCUT2D eigenvalue weighted by Gasteiger charge is -2.08. The SMILES string of the molecule is CCOC(=O)c1cc(C(C)CC)ncn1. The minimum absolute atomic E-state index is 0.334. The predicted molar refractivity (Wildman–Crippen MR) is 56.7 cm³/mol. The number of hydrogen-bond acceptors (Lipinski definition) is 4. The molecule has 0 spiro atoms. The first kappa shape index (κ1) is 11.6. The topological polar surface area (TPSA) is 52.1 Å². The number of rotatable bonds is 4. The van der Waals surface area contributed by atoms with E-state index in [2.05, 4.69) is 23.8 Å². The maximum Gasteiger partial charge on any atom is 0.357 e. The molecule has 0 saturated carbocycles. The molecule has 0 saturated heterocycles. The van der Waals surface area contributed by atoms with Gasteiger partial charge in [-0.2, -0.15) is 0 Å². The van der Waals surface area contributed by atoms with Crippen LogP contribution in [0.25, 0.3) is 0 Å². The van der Waals surface area contributed by atoms with E-state index in [1.54, 1.807) is 13.0 Å². The molecule has 1 atom stereocenters. The summed E-state index contributed by atoms with van der Waals surface area (Å²) >= 11 is 0. The summed E-state index contributed by atoms with van der Waals surface area (Å²) < 4.78 is 4.87. The number of aromatic nitrogens is 2. The van der Waals surface area contributed by atoms with E-state index in [0.29, 0.717) is 18.2 Å². The summed E-state index contributed by atoms with van der Waals surface area (Å²) in [4.78, 5) is 19.4. The maximum absolute atomic E-state index is 11.4. The highest BCUT2D eigenvalue weighted by Crippen LogP contribution is 2.16. The Labute approximate surface area is 89.7 Å². The molecule has 0 bridgehead atoms. The van der Waals surface area contributed by atoms with Crippen LogP contribution in [0.15, 0.2) is 12.4 Å². The molecule has 0 amide bonds. The second-order valence-electron chi connectivity index (χ2n) is 3.36. The molecule has 0 aliphatic rings. The average Bonchev–Trinajstić information content (AvgIpc) is 2.28. The molecular formula is C11H16N2O2. The number of nitrogens with zero attached hydrogens (tertiary/aromatic N) is 2. The molecule has 0 aliphatic heterocycles. The van der Waals surface area contributed by atoms with Crippen molar-refractivity contribution in [2.75, 3.05) is 6.61 Å². The van der Waals surface area contributed by atoms with Crippen LogP contribution in [0.4, 0.5) is 0 Å². The van der Waals surface area contributed by atoms with Crippen LogP contribution < -0.4 is 0 Å². The molecule has 82 valence electrons. The van der Waals surface area contributed by atoms with Gasteiger partial charge in [0.2, 0.25) is 0 Å². The van der Waals surface area contributed by atoms with Gasteiger partial charge in [-0.3, -0.25) is 0 Å². The van der Waals surface area contributed by atoms with Crippen LogP contribution in [-0.2, 0) is 4.74 Å². The fraction of sp³-hybridized carbons (Fsp3) is 0.545. The third kappa shape index (κ3) is 3.01. The average molecular weight is 208 g/mol. The molecule has 1 unspecified atom stereocenters. The second-order valence-corrected chi connectivity index (χ2v) is 3.36. The zero-order valence-electron chi connectivity index (χ0n) is 9.36. The van der Waals surface area contributed by atoms with Crippen LogP contribution in [0.3, 0.4) is 0 Å². The summed E-state index contributed by atoms with van der Waals surface area (Å²) in [5.41, 5.74) is 1.22. The van der Waals surface area contributed by atoms with Crippen molar-refractivity contribution in [2.24, 2.45) is 0 Å². The molecule has 4 nitrogen and oxygen atoms in total. The van der Waals surface area contributed by atoms with Gasteiger partial charge in [-0.15, -0.1) is 0 Å². The first-order valence-electron chi connectivity index (χ1n) is 5.18. The van der Waals surface area contributed by atoms with Gasteiger partial charge < -0.3 is 4.74 Å². The van der Waals surface area contributed by atoms with Crippen molar-refractivity contribution in [1.29, 1.82) is 0 Å².